The zero-order valence-electron chi connectivity index (χ0n) is 25.8. The van der Waals surface area contributed by atoms with Gasteiger partial charge in [-0.2, -0.15) is 0 Å². The zero-order chi connectivity index (χ0) is 31.9. The molecule has 2 heterocycles. The lowest BCUT2D eigenvalue weighted by Gasteiger charge is -2.32. The number of nitrogens with zero attached hydrogens (tertiary/aromatic N) is 1. The van der Waals surface area contributed by atoms with Gasteiger partial charge in [0.25, 0.3) is 0 Å². The average molecular weight is 614 g/mol. The van der Waals surface area contributed by atoms with Gasteiger partial charge in [0.2, 0.25) is 5.78 Å². The molecule has 2 aliphatic heterocycles. The maximum atomic E-state index is 13.4. The third kappa shape index (κ3) is 7.32. The lowest BCUT2D eigenvalue weighted by atomic mass is 9.85. The molecule has 1 amide bonds. The lowest BCUT2D eigenvalue weighted by Crippen LogP contribution is -2.48. The summed E-state index contributed by atoms with van der Waals surface area (Å²) in [5.41, 5.74) is 3.14. The van der Waals surface area contributed by atoms with Gasteiger partial charge in [-0.15, -0.1) is 0 Å². The molecule has 2 aromatic rings. The molecule has 0 bridgehead atoms. The van der Waals surface area contributed by atoms with Crippen molar-refractivity contribution >= 4 is 35.4 Å². The van der Waals surface area contributed by atoms with Crippen molar-refractivity contribution in [3.05, 3.63) is 52.0 Å². The first kappa shape index (κ1) is 32.3. The number of carbonyl (C=O) groups is 4. The molecule has 3 aliphatic rings. The Hall–Kier alpha value is -3.59. The van der Waals surface area contributed by atoms with E-state index in [1.807, 2.05) is 31.2 Å². The number of benzene rings is 2. The summed E-state index contributed by atoms with van der Waals surface area (Å²) in [6.45, 7) is 12.6. The number of fused-ring (bicyclic) bond motifs is 4. The SMILES string of the molecule is CC(C)(C)C(=O)O.C[C@H]1CC[C@@H](C(=O)OC2CCc3cc4c(cc3C2=O)OCc2cc(Cl)ccc2-4)N1C(=O)OC(C)(C)C. The van der Waals surface area contributed by atoms with Crippen molar-refractivity contribution in [1.29, 1.82) is 0 Å². The quantitative estimate of drug-likeness (QED) is 0.365. The summed E-state index contributed by atoms with van der Waals surface area (Å²) >= 11 is 6.13. The lowest BCUT2D eigenvalue weighted by molar-refractivity contribution is -0.153. The summed E-state index contributed by atoms with van der Waals surface area (Å²) in [4.78, 5) is 50.7. The number of Topliss-reactive ketones (excluding diaryl/α,β-unsaturated/α-hetero) is 1. The number of ketones is 1. The number of hydrogen-bond donors (Lipinski definition) is 1. The highest BCUT2D eigenvalue weighted by atomic mass is 35.5. The van der Waals surface area contributed by atoms with Crippen LogP contribution in [-0.4, -0.2) is 57.6 Å². The molecule has 1 N–H and O–H groups in total. The van der Waals surface area contributed by atoms with Gasteiger partial charge in [0.1, 0.15) is 24.0 Å². The van der Waals surface area contributed by atoms with Gasteiger partial charge in [-0.05, 0) is 115 Å². The third-order valence-corrected chi connectivity index (χ3v) is 7.86. The van der Waals surface area contributed by atoms with Gasteiger partial charge < -0.3 is 19.3 Å². The molecular formula is C33H40ClNO8. The Morgan fingerprint density at radius 1 is 0.953 bits per heavy atom. The van der Waals surface area contributed by atoms with Crippen molar-refractivity contribution in [3.8, 4) is 16.9 Å². The molecule has 9 nitrogen and oxygen atoms in total. The number of carbonyl (C=O) groups excluding carboxylic acids is 3. The van der Waals surface area contributed by atoms with Crippen LogP contribution in [0.2, 0.25) is 5.02 Å². The smallest absolute Gasteiger partial charge is 0.411 e. The molecule has 232 valence electrons. The van der Waals surface area contributed by atoms with E-state index in [0.29, 0.717) is 48.6 Å². The molecule has 1 aliphatic carbocycles. The molecule has 1 saturated heterocycles. The van der Waals surface area contributed by atoms with E-state index in [-0.39, 0.29) is 11.8 Å². The number of esters is 1. The topological polar surface area (TPSA) is 119 Å². The van der Waals surface area contributed by atoms with Crippen LogP contribution in [0.1, 0.15) is 89.2 Å². The Morgan fingerprint density at radius 2 is 1.63 bits per heavy atom. The van der Waals surface area contributed by atoms with Gasteiger partial charge in [-0.3, -0.25) is 14.5 Å². The van der Waals surface area contributed by atoms with Crippen LogP contribution in [0.4, 0.5) is 4.79 Å². The van der Waals surface area contributed by atoms with E-state index in [1.165, 1.54) is 4.90 Å². The largest absolute Gasteiger partial charge is 0.488 e. The molecule has 1 unspecified atom stereocenters. The van der Waals surface area contributed by atoms with Gasteiger partial charge in [0.15, 0.2) is 6.10 Å². The van der Waals surface area contributed by atoms with Crippen LogP contribution in [0.25, 0.3) is 11.1 Å². The minimum atomic E-state index is -0.894. The molecule has 0 saturated carbocycles. The van der Waals surface area contributed by atoms with Gasteiger partial charge >= 0.3 is 18.0 Å². The standard InChI is InChI=1S/C28H30ClNO6.C5H10O2/c1-15-5-9-22(30(15)27(33)36-28(2,3)4)26(32)35-23-10-6-16-12-21-19-8-7-18(29)11-17(19)14-34-24(21)13-20(16)25(23)31;1-5(2,3)4(6)7/h7-8,11-13,15,22-23H,5-6,9-10,14H2,1-4H3;1-3H3,(H,6,7)/t15-,22-,23?;/m0./s1. The highest BCUT2D eigenvalue weighted by molar-refractivity contribution is 6.30. The van der Waals surface area contributed by atoms with Crippen molar-refractivity contribution in [2.24, 2.45) is 5.41 Å². The summed E-state index contributed by atoms with van der Waals surface area (Å²) < 4.78 is 17.2. The predicted molar refractivity (Wildman–Crippen MR) is 161 cm³/mol. The van der Waals surface area contributed by atoms with Gasteiger partial charge in [0, 0.05) is 22.2 Å². The van der Waals surface area contributed by atoms with Crippen molar-refractivity contribution < 1.29 is 38.5 Å². The van der Waals surface area contributed by atoms with Crippen LogP contribution >= 0.6 is 11.6 Å². The molecule has 1 fully saturated rings. The number of carboxylic acid groups (broad SMARTS) is 1. The number of aryl methyl sites for hydroxylation is 1. The van der Waals surface area contributed by atoms with E-state index >= 15 is 0 Å². The van der Waals surface area contributed by atoms with Gasteiger partial charge in [0.05, 0.1) is 5.41 Å². The predicted octanol–water partition coefficient (Wildman–Crippen LogP) is 6.85. The van der Waals surface area contributed by atoms with Gasteiger partial charge in [-0.25, -0.2) is 9.59 Å². The van der Waals surface area contributed by atoms with E-state index < -0.39 is 41.2 Å². The second kappa shape index (κ2) is 12.2. The second-order valence-electron chi connectivity index (χ2n) is 13.3. The molecule has 43 heavy (non-hydrogen) atoms. The molecule has 0 spiro atoms. The summed E-state index contributed by atoms with van der Waals surface area (Å²) in [6, 6.07) is 8.55. The molecule has 2 aromatic carbocycles. The molecule has 5 rings (SSSR count). The Bertz CT molecular complexity index is 1440. The number of carboxylic acids is 1. The number of halogens is 1. The number of hydrogen-bond acceptors (Lipinski definition) is 7. The fourth-order valence-corrected chi connectivity index (χ4v) is 5.45. The first-order valence-electron chi connectivity index (χ1n) is 14.5. The highest BCUT2D eigenvalue weighted by Gasteiger charge is 2.43. The minimum Gasteiger partial charge on any atom is -0.488 e. The highest BCUT2D eigenvalue weighted by Crippen LogP contribution is 2.42. The van der Waals surface area contributed by atoms with E-state index in [9.17, 15) is 19.2 Å². The average Bonchev–Trinajstić information content (AvgIpc) is 3.29. The van der Waals surface area contributed by atoms with Crippen LogP contribution in [0.15, 0.2) is 30.3 Å². The van der Waals surface area contributed by atoms with Crippen LogP contribution in [0.3, 0.4) is 0 Å². The second-order valence-corrected chi connectivity index (χ2v) is 13.7. The number of likely N-dealkylation sites (tertiary alicyclic amines) is 1. The maximum Gasteiger partial charge on any atom is 0.411 e. The molecular weight excluding hydrogens is 574 g/mol. The fraction of sp³-hybridized carbons (Fsp3) is 0.515. The number of ether oxygens (including phenoxy) is 3. The number of aliphatic carboxylic acids is 1. The molecule has 0 aromatic heterocycles. The molecule has 3 atom stereocenters. The third-order valence-electron chi connectivity index (χ3n) is 7.62. The monoisotopic (exact) mass is 613 g/mol. The summed E-state index contributed by atoms with van der Waals surface area (Å²) in [5.74, 6) is -0.933. The van der Waals surface area contributed by atoms with Gasteiger partial charge in [-0.1, -0.05) is 17.7 Å². The van der Waals surface area contributed by atoms with E-state index in [0.717, 1.165) is 22.3 Å². The first-order chi connectivity index (χ1) is 20.0. The minimum absolute atomic E-state index is 0.151. The normalized spacial score (nSPS) is 20.9. The van der Waals surface area contributed by atoms with E-state index in [2.05, 4.69) is 0 Å². The van der Waals surface area contributed by atoms with Crippen molar-refractivity contribution in [3.63, 3.8) is 0 Å². The summed E-state index contributed by atoms with van der Waals surface area (Å²) in [7, 11) is 0. The van der Waals surface area contributed by atoms with E-state index in [1.54, 1.807) is 47.6 Å². The summed E-state index contributed by atoms with van der Waals surface area (Å²) in [6.07, 6.45) is 0.679. The Kier molecular flexibility index (Phi) is 9.16. The molecule has 10 heteroatoms. The van der Waals surface area contributed by atoms with Crippen LogP contribution in [0.5, 0.6) is 5.75 Å². The van der Waals surface area contributed by atoms with Crippen LogP contribution in [-0.2, 0) is 32.1 Å². The fourth-order valence-electron chi connectivity index (χ4n) is 5.25. The summed E-state index contributed by atoms with van der Waals surface area (Å²) in [5, 5.41) is 8.90. The number of rotatable bonds is 2. The number of amides is 1. The Morgan fingerprint density at radius 3 is 2.26 bits per heavy atom. The van der Waals surface area contributed by atoms with Crippen molar-refractivity contribution in [2.45, 2.75) is 105 Å². The van der Waals surface area contributed by atoms with Crippen molar-refractivity contribution in [1.82, 2.24) is 4.90 Å². The van der Waals surface area contributed by atoms with Crippen molar-refractivity contribution in [2.75, 3.05) is 0 Å². The Balaban J connectivity index is 0.000000541. The van der Waals surface area contributed by atoms with Crippen LogP contribution < -0.4 is 4.74 Å². The molecule has 0 radical (unpaired) electrons. The van der Waals surface area contributed by atoms with E-state index in [4.69, 9.17) is 30.9 Å². The zero-order valence-corrected chi connectivity index (χ0v) is 26.5. The Labute approximate surface area is 257 Å². The van der Waals surface area contributed by atoms with Crippen LogP contribution in [0, 0.1) is 5.41 Å². The first-order valence-corrected chi connectivity index (χ1v) is 14.9. The maximum absolute atomic E-state index is 13.4.